The van der Waals surface area contributed by atoms with Gasteiger partial charge in [0.05, 0.1) is 9.40 Å². The van der Waals surface area contributed by atoms with Gasteiger partial charge in [-0.1, -0.05) is 41.9 Å². The maximum Gasteiger partial charge on any atom is 0.288 e. The molecule has 0 aliphatic heterocycles. The Hall–Kier alpha value is -3.17. The van der Waals surface area contributed by atoms with Crippen molar-refractivity contribution in [1.29, 1.82) is 0 Å². The number of amides is 2. The Morgan fingerprint density at radius 2 is 1.86 bits per heavy atom. The number of rotatable bonds is 5. The molecule has 0 saturated heterocycles. The molecule has 3 rings (SSSR count). The number of carbonyl (C=O) groups is 2. The molecule has 0 spiro atoms. The monoisotopic (exact) mass is 477 g/mol. The number of halogens is 2. The van der Waals surface area contributed by atoms with Gasteiger partial charge in [0.2, 0.25) is 0 Å². The number of fused-ring (bicyclic) bond motifs is 1. The Bertz CT molecular complexity index is 1120. The summed E-state index contributed by atoms with van der Waals surface area (Å²) in [4.78, 5) is 34.2. The van der Waals surface area contributed by atoms with Crippen LogP contribution in [0.5, 0.6) is 5.75 Å². The van der Waals surface area contributed by atoms with Crippen LogP contribution in [-0.2, 0) is 4.79 Å². The first-order chi connectivity index (χ1) is 13.9. The van der Waals surface area contributed by atoms with Crippen LogP contribution >= 0.6 is 27.5 Å². The predicted octanol–water partition coefficient (Wildman–Crippen LogP) is 4.00. The third-order valence-electron chi connectivity index (χ3n) is 3.91. The van der Waals surface area contributed by atoms with Crippen molar-refractivity contribution in [1.82, 2.24) is 10.9 Å². The number of nitro groups is 1. The van der Waals surface area contributed by atoms with Crippen molar-refractivity contribution in [3.8, 4) is 5.75 Å². The number of nitrogens with zero attached hydrogens (tertiary/aromatic N) is 1. The number of nitrogens with one attached hydrogen (secondary N) is 2. The molecule has 0 aliphatic carbocycles. The number of nitro benzene ring substituents is 1. The summed E-state index contributed by atoms with van der Waals surface area (Å²) in [5.41, 5.74) is 3.92. The van der Waals surface area contributed by atoms with Crippen molar-refractivity contribution in [2.24, 2.45) is 0 Å². The molecular weight excluding hydrogens is 466 g/mol. The number of benzene rings is 3. The molecule has 29 heavy (non-hydrogen) atoms. The van der Waals surface area contributed by atoms with Gasteiger partial charge in [0.1, 0.15) is 10.8 Å². The lowest BCUT2D eigenvalue weighted by molar-refractivity contribution is -0.384. The molecule has 0 bridgehead atoms. The molecule has 0 aliphatic rings. The fourth-order valence-corrected chi connectivity index (χ4v) is 3.29. The highest BCUT2D eigenvalue weighted by atomic mass is 79.9. The summed E-state index contributed by atoms with van der Waals surface area (Å²) in [5.74, 6) is -0.870. The Balaban J connectivity index is 1.58. The summed E-state index contributed by atoms with van der Waals surface area (Å²) in [6, 6.07) is 14.8. The molecule has 148 valence electrons. The number of hydrogen-bond acceptors (Lipinski definition) is 5. The summed E-state index contributed by atoms with van der Waals surface area (Å²) in [7, 11) is 0. The normalized spacial score (nSPS) is 10.4. The van der Waals surface area contributed by atoms with E-state index in [1.165, 1.54) is 12.1 Å². The van der Waals surface area contributed by atoms with Crippen LogP contribution in [0.25, 0.3) is 10.8 Å². The quantitative estimate of drug-likeness (QED) is 0.425. The number of carbonyl (C=O) groups excluding carboxylic acids is 2. The van der Waals surface area contributed by atoms with Crippen LogP contribution < -0.4 is 15.6 Å². The van der Waals surface area contributed by atoms with E-state index in [4.69, 9.17) is 16.3 Å². The highest BCUT2D eigenvalue weighted by Gasteiger charge is 2.17. The predicted molar refractivity (Wildman–Crippen MR) is 111 cm³/mol. The molecular formula is C19H13BrClN3O5. The average Bonchev–Trinajstić information content (AvgIpc) is 2.71. The number of hydrazine groups is 1. The second-order valence-electron chi connectivity index (χ2n) is 5.81. The minimum Gasteiger partial charge on any atom is -0.483 e. The molecule has 3 aromatic rings. The second-order valence-corrected chi connectivity index (χ2v) is 7.01. The molecule has 2 amide bonds. The fourth-order valence-electron chi connectivity index (χ4n) is 2.50. The van der Waals surface area contributed by atoms with Gasteiger partial charge in [-0.05, 0) is 44.9 Å². The minimum absolute atomic E-state index is 0.0282. The third kappa shape index (κ3) is 4.82. The lowest BCUT2D eigenvalue weighted by atomic mass is 10.1. The van der Waals surface area contributed by atoms with Gasteiger partial charge in [-0.2, -0.15) is 0 Å². The van der Waals surface area contributed by atoms with Gasteiger partial charge < -0.3 is 4.74 Å². The lowest BCUT2D eigenvalue weighted by Crippen LogP contribution is -2.43. The van der Waals surface area contributed by atoms with Gasteiger partial charge in [-0.3, -0.25) is 30.6 Å². The number of ether oxygens (including phenoxy) is 1. The van der Waals surface area contributed by atoms with Crippen LogP contribution in [0.2, 0.25) is 5.02 Å². The van der Waals surface area contributed by atoms with Crippen molar-refractivity contribution in [3.05, 3.63) is 79.8 Å². The van der Waals surface area contributed by atoms with Gasteiger partial charge in [0.15, 0.2) is 6.61 Å². The van der Waals surface area contributed by atoms with Crippen LogP contribution in [0.1, 0.15) is 10.4 Å². The van der Waals surface area contributed by atoms with E-state index >= 15 is 0 Å². The van der Waals surface area contributed by atoms with Crippen molar-refractivity contribution in [3.63, 3.8) is 0 Å². The van der Waals surface area contributed by atoms with E-state index < -0.39 is 22.4 Å². The zero-order chi connectivity index (χ0) is 21.0. The van der Waals surface area contributed by atoms with Crippen LogP contribution in [0.15, 0.2) is 59.1 Å². The molecule has 0 radical (unpaired) electrons. The molecule has 3 aromatic carbocycles. The van der Waals surface area contributed by atoms with E-state index in [1.807, 2.05) is 30.3 Å². The topological polar surface area (TPSA) is 111 Å². The summed E-state index contributed by atoms with van der Waals surface area (Å²) >= 11 is 9.17. The standard InChI is InChI=1S/C19H13BrClN3O5/c20-18-13-4-2-1-3-11(13)6-8-16(18)29-10-17(25)22-23-19(26)12-5-7-14(21)15(9-12)24(27)28/h1-9H,10H2,(H,22,25)(H,23,26). The first-order valence-electron chi connectivity index (χ1n) is 8.20. The van der Waals surface area contributed by atoms with E-state index in [1.54, 1.807) is 6.07 Å². The lowest BCUT2D eigenvalue weighted by Gasteiger charge is -2.11. The van der Waals surface area contributed by atoms with Crippen molar-refractivity contribution >= 4 is 55.8 Å². The molecule has 0 saturated carbocycles. The van der Waals surface area contributed by atoms with Crippen LogP contribution in [0, 0.1) is 10.1 Å². The van der Waals surface area contributed by atoms with Crippen LogP contribution in [-0.4, -0.2) is 23.3 Å². The summed E-state index contributed by atoms with van der Waals surface area (Å²) in [6.45, 7) is -0.349. The first-order valence-corrected chi connectivity index (χ1v) is 9.37. The Morgan fingerprint density at radius 3 is 2.62 bits per heavy atom. The molecule has 0 fully saturated rings. The molecule has 10 heteroatoms. The highest BCUT2D eigenvalue weighted by Crippen LogP contribution is 2.33. The Kier molecular flexibility index (Phi) is 6.30. The first kappa shape index (κ1) is 20.6. The van der Waals surface area contributed by atoms with Crippen LogP contribution in [0.4, 0.5) is 5.69 Å². The summed E-state index contributed by atoms with van der Waals surface area (Å²) in [5, 5.41) is 12.7. The van der Waals surface area contributed by atoms with Gasteiger partial charge in [0.25, 0.3) is 17.5 Å². The van der Waals surface area contributed by atoms with Crippen molar-refractivity contribution in [2.75, 3.05) is 6.61 Å². The summed E-state index contributed by atoms with van der Waals surface area (Å²) in [6.07, 6.45) is 0. The maximum atomic E-state index is 12.1. The number of hydrogen-bond donors (Lipinski definition) is 2. The Labute approximate surface area is 178 Å². The van der Waals surface area contributed by atoms with E-state index in [0.717, 1.165) is 16.8 Å². The maximum absolute atomic E-state index is 12.1. The zero-order valence-electron chi connectivity index (χ0n) is 14.6. The van der Waals surface area contributed by atoms with Gasteiger partial charge in [0, 0.05) is 11.6 Å². The molecule has 0 unspecified atom stereocenters. The highest BCUT2D eigenvalue weighted by molar-refractivity contribution is 9.10. The zero-order valence-corrected chi connectivity index (χ0v) is 17.0. The minimum atomic E-state index is -0.731. The van der Waals surface area contributed by atoms with Gasteiger partial charge in [-0.25, -0.2) is 0 Å². The van der Waals surface area contributed by atoms with Gasteiger partial charge >= 0.3 is 0 Å². The van der Waals surface area contributed by atoms with E-state index in [9.17, 15) is 19.7 Å². The SMILES string of the molecule is O=C(COc1ccc2ccccc2c1Br)NNC(=O)c1ccc(Cl)c([N+](=O)[O-])c1. The summed E-state index contributed by atoms with van der Waals surface area (Å²) < 4.78 is 6.20. The largest absolute Gasteiger partial charge is 0.483 e. The van der Waals surface area contributed by atoms with Crippen LogP contribution in [0.3, 0.4) is 0 Å². The second kappa shape index (κ2) is 8.89. The third-order valence-corrected chi connectivity index (χ3v) is 5.04. The molecule has 2 N–H and O–H groups in total. The average molecular weight is 479 g/mol. The van der Waals surface area contributed by atoms with E-state index in [2.05, 4.69) is 26.8 Å². The van der Waals surface area contributed by atoms with E-state index in [0.29, 0.717) is 10.2 Å². The van der Waals surface area contributed by atoms with Crippen molar-refractivity contribution in [2.45, 2.75) is 0 Å². The van der Waals surface area contributed by atoms with Crippen molar-refractivity contribution < 1.29 is 19.2 Å². The van der Waals surface area contributed by atoms with Gasteiger partial charge in [-0.15, -0.1) is 0 Å². The molecule has 0 heterocycles. The smallest absolute Gasteiger partial charge is 0.288 e. The molecule has 0 aromatic heterocycles. The molecule has 0 atom stereocenters. The molecule has 8 nitrogen and oxygen atoms in total. The fraction of sp³-hybridized carbons (Fsp3) is 0.0526. The van der Waals surface area contributed by atoms with E-state index in [-0.39, 0.29) is 17.2 Å². The Morgan fingerprint density at radius 1 is 1.10 bits per heavy atom.